The number of carbonyl (C=O) groups excluding carboxylic acids is 1. The van der Waals surface area contributed by atoms with Gasteiger partial charge in [-0.05, 0) is 24.5 Å². The van der Waals surface area contributed by atoms with Gasteiger partial charge in [-0.1, -0.05) is 73.1 Å². The molecule has 152 valence electrons. The minimum atomic E-state index is -0.334. The molecule has 2 aromatic carbocycles. The molecule has 2 heterocycles. The van der Waals surface area contributed by atoms with Gasteiger partial charge < -0.3 is 4.52 Å². The number of hydrogen-bond acceptors (Lipinski definition) is 5. The van der Waals surface area contributed by atoms with Crippen LogP contribution in [-0.2, 0) is 0 Å². The van der Waals surface area contributed by atoms with Crippen molar-refractivity contribution in [3.05, 3.63) is 75.8 Å². The quantitative estimate of drug-likeness (QED) is 0.372. The minimum absolute atomic E-state index is 0.334. The Kier molecular flexibility index (Phi) is 5.70. The first-order valence-corrected chi connectivity index (χ1v) is 10.8. The van der Waals surface area contributed by atoms with Crippen LogP contribution in [0.2, 0.25) is 5.02 Å². The van der Waals surface area contributed by atoms with Gasteiger partial charge in [0.05, 0.1) is 10.7 Å². The fourth-order valence-corrected chi connectivity index (χ4v) is 4.08. The highest BCUT2D eigenvalue weighted by molar-refractivity contribution is 7.14. The second kappa shape index (κ2) is 8.42. The lowest BCUT2D eigenvalue weighted by Gasteiger charge is -2.05. The molecule has 0 saturated carbocycles. The molecule has 1 amide bonds. The van der Waals surface area contributed by atoms with Crippen molar-refractivity contribution in [3.63, 3.8) is 0 Å². The lowest BCUT2D eigenvalue weighted by Crippen LogP contribution is -2.13. The molecule has 0 fully saturated rings. The van der Waals surface area contributed by atoms with Crippen LogP contribution in [0, 0.1) is 6.92 Å². The molecule has 0 aliphatic rings. The van der Waals surface area contributed by atoms with Crippen molar-refractivity contribution in [3.8, 4) is 22.5 Å². The van der Waals surface area contributed by atoms with Crippen molar-refractivity contribution >= 4 is 34.0 Å². The van der Waals surface area contributed by atoms with Crippen LogP contribution in [0.4, 0.5) is 5.13 Å². The van der Waals surface area contributed by atoms with E-state index in [0.29, 0.717) is 38.7 Å². The van der Waals surface area contributed by atoms with Crippen molar-refractivity contribution in [1.82, 2.24) is 10.1 Å². The zero-order chi connectivity index (χ0) is 21.3. The van der Waals surface area contributed by atoms with E-state index in [1.165, 1.54) is 16.9 Å². The second-order valence-electron chi connectivity index (χ2n) is 7.21. The third-order valence-corrected chi connectivity index (χ3v) is 5.90. The average Bonchev–Trinajstić information content (AvgIpc) is 3.35. The molecule has 0 bridgehead atoms. The fraction of sp³-hybridized carbons (Fsp3) is 0.174. The number of nitrogens with zero attached hydrogens (tertiary/aromatic N) is 2. The van der Waals surface area contributed by atoms with Crippen molar-refractivity contribution in [2.75, 3.05) is 5.32 Å². The molecule has 0 aliphatic heterocycles. The van der Waals surface area contributed by atoms with Crippen LogP contribution in [0.25, 0.3) is 22.5 Å². The summed E-state index contributed by atoms with van der Waals surface area (Å²) >= 11 is 7.65. The molecule has 4 aromatic rings. The number of aromatic nitrogens is 2. The van der Waals surface area contributed by atoms with Crippen molar-refractivity contribution < 1.29 is 9.32 Å². The van der Waals surface area contributed by atoms with E-state index in [1.807, 2.05) is 17.5 Å². The van der Waals surface area contributed by atoms with Crippen LogP contribution in [0.3, 0.4) is 0 Å². The molecular weight excluding hydrogens is 418 g/mol. The Morgan fingerprint density at radius 3 is 2.57 bits per heavy atom. The smallest absolute Gasteiger partial charge is 0.263 e. The summed E-state index contributed by atoms with van der Waals surface area (Å²) in [7, 11) is 0. The van der Waals surface area contributed by atoms with Gasteiger partial charge in [-0.2, -0.15) is 0 Å². The predicted octanol–water partition coefficient (Wildman–Crippen LogP) is 6.80. The zero-order valence-electron chi connectivity index (χ0n) is 16.8. The number of rotatable bonds is 5. The van der Waals surface area contributed by atoms with Gasteiger partial charge in [-0.15, -0.1) is 11.3 Å². The topological polar surface area (TPSA) is 68.0 Å². The van der Waals surface area contributed by atoms with E-state index in [-0.39, 0.29) is 5.91 Å². The van der Waals surface area contributed by atoms with E-state index in [0.717, 1.165) is 11.3 Å². The normalized spacial score (nSPS) is 11.1. The maximum absolute atomic E-state index is 13.0. The summed E-state index contributed by atoms with van der Waals surface area (Å²) in [4.78, 5) is 17.5. The number of hydrogen-bond donors (Lipinski definition) is 1. The lowest BCUT2D eigenvalue weighted by atomic mass is 10.0. The van der Waals surface area contributed by atoms with E-state index in [2.05, 4.69) is 53.6 Å². The molecule has 2 aromatic heterocycles. The number of carbonyl (C=O) groups is 1. The summed E-state index contributed by atoms with van der Waals surface area (Å²) in [6.45, 7) is 6.02. The largest absolute Gasteiger partial charge is 0.360 e. The van der Waals surface area contributed by atoms with Gasteiger partial charge in [0.25, 0.3) is 5.91 Å². The van der Waals surface area contributed by atoms with Crippen LogP contribution < -0.4 is 5.32 Å². The fourth-order valence-electron chi connectivity index (χ4n) is 3.14. The Labute approximate surface area is 183 Å². The van der Waals surface area contributed by atoms with Crippen LogP contribution in [0.15, 0.2) is 58.4 Å². The van der Waals surface area contributed by atoms with Crippen molar-refractivity contribution in [1.29, 1.82) is 0 Å². The van der Waals surface area contributed by atoms with Gasteiger partial charge in [-0.25, -0.2) is 4.98 Å². The van der Waals surface area contributed by atoms with Gasteiger partial charge in [0.1, 0.15) is 17.0 Å². The highest BCUT2D eigenvalue weighted by Gasteiger charge is 2.23. The molecular formula is C23H20ClN3O2S. The molecule has 5 nitrogen and oxygen atoms in total. The molecule has 0 saturated heterocycles. The lowest BCUT2D eigenvalue weighted by molar-refractivity contribution is 0.102. The average molecular weight is 438 g/mol. The summed E-state index contributed by atoms with van der Waals surface area (Å²) in [6, 6.07) is 15.5. The molecule has 0 unspecified atom stereocenters. The molecule has 1 N–H and O–H groups in total. The number of nitrogens with one attached hydrogen (secondary N) is 1. The molecule has 0 spiro atoms. The Morgan fingerprint density at radius 1 is 1.13 bits per heavy atom. The summed E-state index contributed by atoms with van der Waals surface area (Å²) in [5.41, 5.74) is 4.51. The first-order chi connectivity index (χ1) is 14.4. The number of amides is 1. The minimum Gasteiger partial charge on any atom is -0.360 e. The standard InChI is InChI=1S/C23H20ClN3O2S/c1-13(2)15-8-10-16(11-9-15)19-12-30-23(25-19)26-22(28)20-14(3)29-27-21(20)17-6-4-5-7-18(17)24/h4-13H,1-3H3,(H,25,26,28). The van der Waals surface area contributed by atoms with Crippen LogP contribution in [0.1, 0.15) is 41.4 Å². The number of halogens is 1. The van der Waals surface area contributed by atoms with Crippen LogP contribution in [-0.4, -0.2) is 16.0 Å². The van der Waals surface area contributed by atoms with E-state index >= 15 is 0 Å². The number of benzene rings is 2. The Bertz CT molecular complexity index is 1200. The number of anilines is 1. The highest BCUT2D eigenvalue weighted by atomic mass is 35.5. The summed E-state index contributed by atoms with van der Waals surface area (Å²) in [5, 5.41) is 9.84. The Balaban J connectivity index is 1.57. The molecule has 7 heteroatoms. The predicted molar refractivity (Wildman–Crippen MR) is 121 cm³/mol. The number of aryl methyl sites for hydroxylation is 1. The van der Waals surface area contributed by atoms with Crippen molar-refractivity contribution in [2.24, 2.45) is 0 Å². The maximum Gasteiger partial charge on any atom is 0.263 e. The first kappa shape index (κ1) is 20.3. The monoisotopic (exact) mass is 437 g/mol. The SMILES string of the molecule is Cc1onc(-c2ccccc2Cl)c1C(=O)Nc1nc(-c2ccc(C(C)C)cc2)cs1. The highest BCUT2D eigenvalue weighted by Crippen LogP contribution is 2.32. The van der Waals surface area contributed by atoms with E-state index in [4.69, 9.17) is 16.1 Å². The molecule has 30 heavy (non-hydrogen) atoms. The summed E-state index contributed by atoms with van der Waals surface area (Å²) < 4.78 is 5.28. The van der Waals surface area contributed by atoms with E-state index in [9.17, 15) is 4.79 Å². The zero-order valence-corrected chi connectivity index (χ0v) is 18.3. The number of thiazole rings is 1. The summed E-state index contributed by atoms with van der Waals surface area (Å²) in [5.74, 6) is 0.562. The summed E-state index contributed by atoms with van der Waals surface area (Å²) in [6.07, 6.45) is 0. The Hall–Kier alpha value is -2.96. The van der Waals surface area contributed by atoms with Crippen LogP contribution in [0.5, 0.6) is 0 Å². The van der Waals surface area contributed by atoms with Gasteiger partial charge in [-0.3, -0.25) is 10.1 Å². The van der Waals surface area contributed by atoms with E-state index < -0.39 is 0 Å². The maximum atomic E-state index is 13.0. The molecule has 4 rings (SSSR count). The van der Waals surface area contributed by atoms with Gasteiger partial charge >= 0.3 is 0 Å². The van der Waals surface area contributed by atoms with Crippen LogP contribution >= 0.6 is 22.9 Å². The Morgan fingerprint density at radius 2 is 1.87 bits per heavy atom. The van der Waals surface area contributed by atoms with Crippen molar-refractivity contribution in [2.45, 2.75) is 26.7 Å². The second-order valence-corrected chi connectivity index (χ2v) is 8.48. The van der Waals surface area contributed by atoms with Gasteiger partial charge in [0, 0.05) is 16.5 Å². The third-order valence-electron chi connectivity index (χ3n) is 4.82. The molecule has 0 atom stereocenters. The molecule has 0 radical (unpaired) electrons. The van der Waals surface area contributed by atoms with Gasteiger partial charge in [0.2, 0.25) is 0 Å². The van der Waals surface area contributed by atoms with E-state index in [1.54, 1.807) is 19.1 Å². The first-order valence-electron chi connectivity index (χ1n) is 9.52. The van der Waals surface area contributed by atoms with Gasteiger partial charge in [0.15, 0.2) is 5.13 Å². The molecule has 0 aliphatic carbocycles. The third kappa shape index (κ3) is 4.01.